The molecular formula is C18H22N2O3. The summed E-state index contributed by atoms with van der Waals surface area (Å²) in [7, 11) is 0. The van der Waals surface area contributed by atoms with Crippen molar-refractivity contribution in [2.24, 2.45) is 0 Å². The summed E-state index contributed by atoms with van der Waals surface area (Å²) in [5.74, 6) is 0.458. The number of furan rings is 1. The molecule has 0 spiro atoms. The molecule has 2 aromatic rings. The van der Waals surface area contributed by atoms with Gasteiger partial charge in [0.2, 0.25) is 5.91 Å². The van der Waals surface area contributed by atoms with Crippen LogP contribution in [0.15, 0.2) is 47.1 Å². The molecule has 23 heavy (non-hydrogen) atoms. The Labute approximate surface area is 136 Å². The molecule has 2 amide bonds. The maximum Gasteiger partial charge on any atom is 0.251 e. The molecule has 5 heteroatoms. The maximum atomic E-state index is 11.9. The number of amides is 2. The van der Waals surface area contributed by atoms with Crippen LogP contribution in [0.25, 0.3) is 0 Å². The van der Waals surface area contributed by atoms with E-state index in [2.05, 4.69) is 10.6 Å². The van der Waals surface area contributed by atoms with Crippen LogP contribution in [0.2, 0.25) is 0 Å². The Balaban J connectivity index is 1.69. The smallest absolute Gasteiger partial charge is 0.251 e. The molecule has 122 valence electrons. The predicted octanol–water partition coefficient (Wildman–Crippen LogP) is 2.46. The SMILES string of the molecule is Cc1ccc(C(=O)NCC(=O)N[C@@H](C)CCc2ccco2)cc1. The number of nitrogens with one attached hydrogen (secondary N) is 2. The van der Waals surface area contributed by atoms with Crippen molar-refractivity contribution in [3.8, 4) is 0 Å². The molecule has 5 nitrogen and oxygen atoms in total. The fraction of sp³-hybridized carbons (Fsp3) is 0.333. The van der Waals surface area contributed by atoms with Crippen molar-refractivity contribution in [3.63, 3.8) is 0 Å². The average molecular weight is 314 g/mol. The third kappa shape index (κ3) is 5.62. The van der Waals surface area contributed by atoms with Crippen LogP contribution in [0.3, 0.4) is 0 Å². The van der Waals surface area contributed by atoms with Crippen molar-refractivity contribution in [2.75, 3.05) is 6.54 Å². The van der Waals surface area contributed by atoms with Gasteiger partial charge in [0.05, 0.1) is 12.8 Å². The lowest BCUT2D eigenvalue weighted by Crippen LogP contribution is -2.41. The molecule has 1 aromatic carbocycles. The molecule has 0 saturated heterocycles. The van der Waals surface area contributed by atoms with E-state index >= 15 is 0 Å². The summed E-state index contributed by atoms with van der Waals surface area (Å²) < 4.78 is 5.26. The van der Waals surface area contributed by atoms with Gasteiger partial charge in [0.15, 0.2) is 0 Å². The van der Waals surface area contributed by atoms with Gasteiger partial charge in [-0.1, -0.05) is 17.7 Å². The quantitative estimate of drug-likeness (QED) is 0.824. The molecule has 0 aliphatic carbocycles. The van der Waals surface area contributed by atoms with Gasteiger partial charge >= 0.3 is 0 Å². The van der Waals surface area contributed by atoms with Crippen LogP contribution in [-0.4, -0.2) is 24.4 Å². The minimum absolute atomic E-state index is 0.0175. The van der Waals surface area contributed by atoms with Crippen LogP contribution >= 0.6 is 0 Å². The highest BCUT2D eigenvalue weighted by molar-refractivity contribution is 5.96. The number of rotatable bonds is 7. The molecule has 2 rings (SSSR count). The zero-order valence-corrected chi connectivity index (χ0v) is 13.5. The standard InChI is InChI=1S/C18H22N2O3/c1-13-5-8-15(9-6-13)18(22)19-12-17(21)20-14(2)7-10-16-4-3-11-23-16/h3-6,8-9,11,14H,7,10,12H2,1-2H3,(H,19,22)(H,20,21)/t14-/m0/s1. The van der Waals surface area contributed by atoms with E-state index in [0.717, 1.165) is 24.2 Å². The fourth-order valence-electron chi connectivity index (χ4n) is 2.18. The van der Waals surface area contributed by atoms with Gasteiger partial charge in [-0.2, -0.15) is 0 Å². The first-order chi connectivity index (χ1) is 11.0. The van der Waals surface area contributed by atoms with Crippen LogP contribution in [0.1, 0.15) is 35.0 Å². The van der Waals surface area contributed by atoms with Crippen LogP contribution in [0.5, 0.6) is 0 Å². The molecule has 0 radical (unpaired) electrons. The fourth-order valence-corrected chi connectivity index (χ4v) is 2.18. The Kier molecular flexibility index (Phi) is 5.97. The summed E-state index contributed by atoms with van der Waals surface area (Å²) in [6, 6.07) is 11.0. The van der Waals surface area contributed by atoms with E-state index in [1.165, 1.54) is 0 Å². The highest BCUT2D eigenvalue weighted by Crippen LogP contribution is 2.05. The van der Waals surface area contributed by atoms with Crippen LogP contribution in [-0.2, 0) is 11.2 Å². The molecule has 1 aromatic heterocycles. The second-order valence-electron chi connectivity index (χ2n) is 5.64. The van der Waals surface area contributed by atoms with E-state index in [1.807, 2.05) is 38.1 Å². The summed E-state index contributed by atoms with van der Waals surface area (Å²) in [6.07, 6.45) is 3.19. The third-order valence-electron chi connectivity index (χ3n) is 3.53. The number of benzene rings is 1. The number of carbonyl (C=O) groups is 2. The monoisotopic (exact) mass is 314 g/mol. The lowest BCUT2D eigenvalue weighted by Gasteiger charge is -2.13. The summed E-state index contributed by atoms with van der Waals surface area (Å²) in [5.41, 5.74) is 1.64. The summed E-state index contributed by atoms with van der Waals surface area (Å²) in [5, 5.41) is 5.49. The van der Waals surface area contributed by atoms with E-state index in [4.69, 9.17) is 4.42 Å². The average Bonchev–Trinajstić information content (AvgIpc) is 3.05. The third-order valence-corrected chi connectivity index (χ3v) is 3.53. The molecule has 0 unspecified atom stereocenters. The Bertz CT molecular complexity index is 633. The molecule has 0 fully saturated rings. The van der Waals surface area contributed by atoms with E-state index < -0.39 is 0 Å². The highest BCUT2D eigenvalue weighted by atomic mass is 16.3. The van der Waals surface area contributed by atoms with Crippen molar-refractivity contribution in [1.82, 2.24) is 10.6 Å². The van der Waals surface area contributed by atoms with Gasteiger partial charge < -0.3 is 15.1 Å². The van der Waals surface area contributed by atoms with Crippen molar-refractivity contribution >= 4 is 11.8 Å². The van der Waals surface area contributed by atoms with Gasteiger partial charge in [-0.15, -0.1) is 0 Å². The zero-order chi connectivity index (χ0) is 16.7. The van der Waals surface area contributed by atoms with Crippen LogP contribution in [0.4, 0.5) is 0 Å². The number of hydrogen-bond acceptors (Lipinski definition) is 3. The van der Waals surface area contributed by atoms with E-state index in [1.54, 1.807) is 18.4 Å². The molecular weight excluding hydrogens is 292 g/mol. The van der Waals surface area contributed by atoms with E-state index in [9.17, 15) is 9.59 Å². The second-order valence-corrected chi connectivity index (χ2v) is 5.64. The molecule has 2 N–H and O–H groups in total. The number of aryl methyl sites for hydroxylation is 2. The lowest BCUT2D eigenvalue weighted by atomic mass is 10.1. The van der Waals surface area contributed by atoms with Gasteiger partial charge in [0.25, 0.3) is 5.91 Å². The predicted molar refractivity (Wildman–Crippen MR) is 88.1 cm³/mol. The Morgan fingerprint density at radius 2 is 1.91 bits per heavy atom. The molecule has 0 bridgehead atoms. The molecule has 0 aliphatic rings. The van der Waals surface area contributed by atoms with Gasteiger partial charge in [0.1, 0.15) is 5.76 Å². The van der Waals surface area contributed by atoms with Gasteiger partial charge in [0, 0.05) is 18.0 Å². The van der Waals surface area contributed by atoms with E-state index in [0.29, 0.717) is 5.56 Å². The summed E-state index contributed by atoms with van der Waals surface area (Å²) >= 11 is 0. The first kappa shape index (κ1) is 16.8. The van der Waals surface area contributed by atoms with Crippen molar-refractivity contribution in [2.45, 2.75) is 32.7 Å². The topological polar surface area (TPSA) is 71.3 Å². The first-order valence-corrected chi connectivity index (χ1v) is 7.71. The minimum atomic E-state index is -0.247. The van der Waals surface area contributed by atoms with Crippen molar-refractivity contribution in [3.05, 3.63) is 59.5 Å². The zero-order valence-electron chi connectivity index (χ0n) is 13.5. The van der Waals surface area contributed by atoms with Gasteiger partial charge in [-0.05, 0) is 44.5 Å². The van der Waals surface area contributed by atoms with E-state index in [-0.39, 0.29) is 24.4 Å². The molecule has 1 heterocycles. The number of carbonyl (C=O) groups excluding carboxylic acids is 2. The normalized spacial score (nSPS) is 11.7. The summed E-state index contributed by atoms with van der Waals surface area (Å²) in [4.78, 5) is 23.8. The molecule has 0 saturated carbocycles. The highest BCUT2D eigenvalue weighted by Gasteiger charge is 2.11. The van der Waals surface area contributed by atoms with Crippen LogP contribution in [0, 0.1) is 6.92 Å². The Hall–Kier alpha value is -2.56. The minimum Gasteiger partial charge on any atom is -0.469 e. The molecule has 1 atom stereocenters. The summed E-state index contributed by atoms with van der Waals surface area (Å²) in [6.45, 7) is 3.86. The second kappa shape index (κ2) is 8.17. The van der Waals surface area contributed by atoms with Crippen LogP contribution < -0.4 is 10.6 Å². The maximum absolute atomic E-state index is 11.9. The first-order valence-electron chi connectivity index (χ1n) is 7.71. The Morgan fingerprint density at radius 3 is 2.57 bits per heavy atom. The largest absolute Gasteiger partial charge is 0.469 e. The number of hydrogen-bond donors (Lipinski definition) is 2. The lowest BCUT2D eigenvalue weighted by molar-refractivity contribution is -0.120. The van der Waals surface area contributed by atoms with Gasteiger partial charge in [-0.3, -0.25) is 9.59 Å². The van der Waals surface area contributed by atoms with Crippen molar-refractivity contribution < 1.29 is 14.0 Å². The van der Waals surface area contributed by atoms with Gasteiger partial charge in [-0.25, -0.2) is 0 Å². The molecule has 0 aliphatic heterocycles. The Morgan fingerprint density at radius 1 is 1.17 bits per heavy atom. The van der Waals surface area contributed by atoms with Crippen molar-refractivity contribution in [1.29, 1.82) is 0 Å².